The third-order valence-electron chi connectivity index (χ3n) is 3.29. The molecule has 1 fully saturated rings. The smallest absolute Gasteiger partial charge is 0.326 e. The molecule has 1 aromatic rings. The van der Waals surface area contributed by atoms with Gasteiger partial charge in [-0.2, -0.15) is 0 Å². The number of nitrogens with two attached hydrogens (primary N) is 1. The molecule has 1 aliphatic carbocycles. The Labute approximate surface area is 111 Å². The van der Waals surface area contributed by atoms with Gasteiger partial charge in [0, 0.05) is 0 Å². The van der Waals surface area contributed by atoms with E-state index < -0.39 is 24.0 Å². The predicted molar refractivity (Wildman–Crippen MR) is 70.4 cm³/mol. The van der Waals surface area contributed by atoms with Crippen molar-refractivity contribution < 1.29 is 14.7 Å². The monoisotopic (exact) mass is 262 g/mol. The molecule has 1 amide bonds. The lowest BCUT2D eigenvalue weighted by Gasteiger charge is -2.17. The lowest BCUT2D eigenvalue weighted by molar-refractivity contribution is -0.142. The third-order valence-corrected chi connectivity index (χ3v) is 3.29. The Balaban J connectivity index is 1.90. The zero-order valence-corrected chi connectivity index (χ0v) is 10.6. The molecule has 1 unspecified atom stereocenters. The first kappa shape index (κ1) is 13.5. The Morgan fingerprint density at radius 1 is 1.32 bits per heavy atom. The first-order valence-electron chi connectivity index (χ1n) is 6.40. The highest BCUT2D eigenvalue weighted by molar-refractivity contribution is 5.87. The molecule has 0 spiro atoms. The van der Waals surface area contributed by atoms with E-state index in [1.807, 2.05) is 30.3 Å². The van der Waals surface area contributed by atoms with Crippen molar-refractivity contribution in [2.75, 3.05) is 0 Å². The van der Waals surface area contributed by atoms with E-state index in [1.165, 1.54) is 0 Å². The highest BCUT2D eigenvalue weighted by Gasteiger charge is 2.37. The maximum Gasteiger partial charge on any atom is 0.326 e. The maximum atomic E-state index is 11.9. The van der Waals surface area contributed by atoms with Crippen LogP contribution in [0.1, 0.15) is 18.4 Å². The standard InChI is InChI=1S/C14H18N2O3/c15-11(8-9-4-2-1-3-5-9)13(17)16-12(14(18)19)10-6-7-10/h1-5,10-12H,6-8,15H2,(H,16,17)(H,18,19)/t11-,12?/m1/s1. The molecule has 0 heterocycles. The van der Waals surface area contributed by atoms with Crippen molar-refractivity contribution in [2.24, 2.45) is 11.7 Å². The summed E-state index contributed by atoms with van der Waals surface area (Å²) >= 11 is 0. The molecule has 0 radical (unpaired) electrons. The van der Waals surface area contributed by atoms with Gasteiger partial charge >= 0.3 is 5.97 Å². The first-order chi connectivity index (χ1) is 9.08. The van der Waals surface area contributed by atoms with Gasteiger partial charge in [0.1, 0.15) is 6.04 Å². The molecule has 1 aromatic carbocycles. The quantitative estimate of drug-likeness (QED) is 0.697. The number of aliphatic carboxylic acids is 1. The van der Waals surface area contributed by atoms with Gasteiger partial charge in [-0.1, -0.05) is 30.3 Å². The van der Waals surface area contributed by atoms with Crippen molar-refractivity contribution in [3.05, 3.63) is 35.9 Å². The number of carboxylic acid groups (broad SMARTS) is 1. The third kappa shape index (κ3) is 3.79. The number of rotatable bonds is 6. The lowest BCUT2D eigenvalue weighted by Crippen LogP contribution is -2.50. The lowest BCUT2D eigenvalue weighted by atomic mass is 10.1. The highest BCUT2D eigenvalue weighted by atomic mass is 16.4. The van der Waals surface area contributed by atoms with Crippen molar-refractivity contribution in [1.29, 1.82) is 0 Å². The Kier molecular flexibility index (Phi) is 4.16. The Morgan fingerprint density at radius 2 is 1.95 bits per heavy atom. The van der Waals surface area contributed by atoms with Gasteiger partial charge in [0.25, 0.3) is 0 Å². The predicted octanol–water partition coefficient (Wildman–Crippen LogP) is 0.536. The summed E-state index contributed by atoms with van der Waals surface area (Å²) in [5.41, 5.74) is 6.77. The Bertz CT molecular complexity index is 457. The van der Waals surface area contributed by atoms with Gasteiger partial charge in [0.2, 0.25) is 5.91 Å². The molecular formula is C14H18N2O3. The van der Waals surface area contributed by atoms with Crippen LogP contribution in [0.5, 0.6) is 0 Å². The van der Waals surface area contributed by atoms with Gasteiger partial charge in [0.15, 0.2) is 0 Å². The molecule has 19 heavy (non-hydrogen) atoms. The van der Waals surface area contributed by atoms with Crippen LogP contribution in [0.25, 0.3) is 0 Å². The molecule has 0 bridgehead atoms. The van der Waals surface area contributed by atoms with Crippen molar-refractivity contribution in [3.8, 4) is 0 Å². The van der Waals surface area contributed by atoms with E-state index >= 15 is 0 Å². The summed E-state index contributed by atoms with van der Waals surface area (Å²) in [4.78, 5) is 22.9. The molecule has 1 aliphatic rings. The van der Waals surface area contributed by atoms with Gasteiger partial charge in [-0.3, -0.25) is 4.79 Å². The van der Waals surface area contributed by atoms with Crippen LogP contribution in [0, 0.1) is 5.92 Å². The first-order valence-corrected chi connectivity index (χ1v) is 6.40. The van der Waals surface area contributed by atoms with Gasteiger partial charge in [0.05, 0.1) is 6.04 Å². The van der Waals surface area contributed by atoms with Crippen molar-refractivity contribution in [2.45, 2.75) is 31.3 Å². The van der Waals surface area contributed by atoms with Gasteiger partial charge in [-0.25, -0.2) is 4.79 Å². The highest BCUT2D eigenvalue weighted by Crippen LogP contribution is 2.32. The van der Waals surface area contributed by atoms with Crippen LogP contribution >= 0.6 is 0 Å². The summed E-state index contributed by atoms with van der Waals surface area (Å²) in [5.74, 6) is -1.32. The maximum absolute atomic E-state index is 11.9. The van der Waals surface area contributed by atoms with Gasteiger partial charge in [-0.15, -0.1) is 0 Å². The summed E-state index contributed by atoms with van der Waals surface area (Å²) in [7, 11) is 0. The van der Waals surface area contributed by atoms with Crippen LogP contribution < -0.4 is 11.1 Å². The molecule has 0 aliphatic heterocycles. The van der Waals surface area contributed by atoms with Crippen molar-refractivity contribution >= 4 is 11.9 Å². The minimum atomic E-state index is -0.984. The van der Waals surface area contributed by atoms with Crippen LogP contribution in [0.4, 0.5) is 0 Å². The number of hydrogen-bond donors (Lipinski definition) is 3. The molecule has 5 heteroatoms. The summed E-state index contributed by atoms with van der Waals surface area (Å²) in [5, 5.41) is 11.6. The van der Waals surface area contributed by atoms with E-state index in [2.05, 4.69) is 5.32 Å². The molecular weight excluding hydrogens is 244 g/mol. The van der Waals surface area contributed by atoms with E-state index in [1.54, 1.807) is 0 Å². The van der Waals surface area contributed by atoms with E-state index in [0.717, 1.165) is 18.4 Å². The zero-order chi connectivity index (χ0) is 13.8. The van der Waals surface area contributed by atoms with Crippen LogP contribution in [0.2, 0.25) is 0 Å². The Hall–Kier alpha value is -1.88. The number of amides is 1. The SMILES string of the molecule is N[C@H](Cc1ccccc1)C(=O)NC(C(=O)O)C1CC1. The second kappa shape index (κ2) is 5.84. The zero-order valence-electron chi connectivity index (χ0n) is 10.6. The minimum Gasteiger partial charge on any atom is -0.480 e. The van der Waals surface area contributed by atoms with Crippen molar-refractivity contribution in [3.63, 3.8) is 0 Å². The van der Waals surface area contributed by atoms with Gasteiger partial charge in [-0.05, 0) is 30.7 Å². The molecule has 2 rings (SSSR count). The molecule has 4 N–H and O–H groups in total. The number of carboxylic acids is 1. The van der Waals surface area contributed by atoms with Crippen molar-refractivity contribution in [1.82, 2.24) is 5.32 Å². The fraction of sp³-hybridized carbons (Fsp3) is 0.429. The number of carbonyl (C=O) groups is 2. The number of carbonyl (C=O) groups excluding carboxylic acids is 1. The summed E-state index contributed by atoms with van der Waals surface area (Å²) in [6, 6.07) is 7.92. The number of benzene rings is 1. The molecule has 2 atom stereocenters. The second-order valence-electron chi connectivity index (χ2n) is 4.96. The van der Waals surface area contributed by atoms with E-state index in [9.17, 15) is 9.59 Å². The number of hydrogen-bond acceptors (Lipinski definition) is 3. The fourth-order valence-corrected chi connectivity index (χ4v) is 2.03. The minimum absolute atomic E-state index is 0.0605. The normalized spacial score (nSPS) is 17.5. The summed E-state index contributed by atoms with van der Waals surface area (Å²) in [6.07, 6.45) is 2.11. The van der Waals surface area contributed by atoms with Crippen LogP contribution in [-0.2, 0) is 16.0 Å². The summed E-state index contributed by atoms with van der Waals surface area (Å²) in [6.45, 7) is 0. The molecule has 0 saturated heterocycles. The molecule has 5 nitrogen and oxygen atoms in total. The molecule has 102 valence electrons. The fourth-order valence-electron chi connectivity index (χ4n) is 2.03. The van der Waals surface area contributed by atoms with E-state index in [0.29, 0.717) is 6.42 Å². The van der Waals surface area contributed by atoms with Gasteiger partial charge < -0.3 is 16.2 Å². The summed E-state index contributed by atoms with van der Waals surface area (Å²) < 4.78 is 0. The topological polar surface area (TPSA) is 92.4 Å². The number of nitrogens with one attached hydrogen (secondary N) is 1. The molecule has 0 aromatic heterocycles. The van der Waals surface area contributed by atoms with Crippen LogP contribution in [-0.4, -0.2) is 29.1 Å². The Morgan fingerprint density at radius 3 is 2.47 bits per heavy atom. The average molecular weight is 262 g/mol. The largest absolute Gasteiger partial charge is 0.480 e. The van der Waals surface area contributed by atoms with E-state index in [4.69, 9.17) is 10.8 Å². The average Bonchev–Trinajstić information content (AvgIpc) is 3.20. The molecule has 1 saturated carbocycles. The van der Waals surface area contributed by atoms with Crippen LogP contribution in [0.15, 0.2) is 30.3 Å². The second-order valence-corrected chi connectivity index (χ2v) is 4.96. The van der Waals surface area contributed by atoms with E-state index in [-0.39, 0.29) is 5.92 Å². The van der Waals surface area contributed by atoms with Crippen LogP contribution in [0.3, 0.4) is 0 Å².